The maximum Gasteiger partial charge on any atom is 0.306 e. The number of hydrogen-bond donors (Lipinski definition) is 0. The van der Waals surface area contributed by atoms with E-state index in [1.165, 1.54) is 295 Å². The van der Waals surface area contributed by atoms with E-state index in [9.17, 15) is 14.4 Å². The highest BCUT2D eigenvalue weighted by molar-refractivity contribution is 5.71. The highest BCUT2D eigenvalue weighted by Gasteiger charge is 2.19. The van der Waals surface area contributed by atoms with E-state index in [-0.39, 0.29) is 31.1 Å². The van der Waals surface area contributed by atoms with E-state index in [0.29, 0.717) is 19.3 Å². The van der Waals surface area contributed by atoms with E-state index in [1.54, 1.807) is 0 Å². The zero-order chi connectivity index (χ0) is 52.9. The van der Waals surface area contributed by atoms with E-state index < -0.39 is 6.10 Å². The van der Waals surface area contributed by atoms with Gasteiger partial charge in [0.25, 0.3) is 0 Å². The number of hydrogen-bond acceptors (Lipinski definition) is 6. The third kappa shape index (κ3) is 61.1. The number of rotatable bonds is 63. The second-order valence-electron chi connectivity index (χ2n) is 23.1. The van der Waals surface area contributed by atoms with Crippen molar-refractivity contribution in [2.24, 2.45) is 0 Å². The Balaban J connectivity index is 4.27. The van der Waals surface area contributed by atoms with Crippen LogP contribution in [-0.2, 0) is 28.6 Å². The lowest BCUT2D eigenvalue weighted by Gasteiger charge is -2.18. The van der Waals surface area contributed by atoms with E-state index in [2.05, 4.69) is 20.8 Å². The molecule has 0 heterocycles. The second kappa shape index (κ2) is 62.9. The van der Waals surface area contributed by atoms with Gasteiger partial charge >= 0.3 is 17.9 Å². The fraction of sp³-hybridized carbons (Fsp3) is 0.955. The van der Waals surface area contributed by atoms with Gasteiger partial charge in [0.2, 0.25) is 0 Å². The van der Waals surface area contributed by atoms with Gasteiger partial charge < -0.3 is 14.2 Å². The molecule has 0 rings (SSSR count). The van der Waals surface area contributed by atoms with Crippen LogP contribution in [0.25, 0.3) is 0 Å². The lowest BCUT2D eigenvalue weighted by Crippen LogP contribution is -2.30. The fourth-order valence-electron chi connectivity index (χ4n) is 10.6. The molecule has 0 aliphatic carbocycles. The van der Waals surface area contributed by atoms with Crippen molar-refractivity contribution in [2.75, 3.05) is 13.2 Å². The van der Waals surface area contributed by atoms with Crippen molar-refractivity contribution in [3.05, 3.63) is 0 Å². The molecule has 0 radical (unpaired) electrons. The predicted molar refractivity (Wildman–Crippen MR) is 317 cm³/mol. The van der Waals surface area contributed by atoms with Crippen molar-refractivity contribution in [3.8, 4) is 0 Å². The Morgan fingerprint density at radius 2 is 0.370 bits per heavy atom. The summed E-state index contributed by atoms with van der Waals surface area (Å²) in [6, 6.07) is 0. The van der Waals surface area contributed by atoms with Crippen LogP contribution in [0.15, 0.2) is 0 Å². The molecule has 0 aromatic carbocycles. The Morgan fingerprint density at radius 3 is 0.548 bits per heavy atom. The highest BCUT2D eigenvalue weighted by Crippen LogP contribution is 2.19. The third-order valence-corrected chi connectivity index (χ3v) is 15.6. The lowest BCUT2D eigenvalue weighted by molar-refractivity contribution is -0.167. The number of unbranched alkanes of at least 4 members (excludes halogenated alkanes) is 52. The molecule has 1 atom stereocenters. The molecule has 434 valence electrons. The first-order chi connectivity index (χ1) is 36.0. The zero-order valence-corrected chi connectivity index (χ0v) is 50.0. The summed E-state index contributed by atoms with van der Waals surface area (Å²) in [6.45, 7) is 6.74. The minimum absolute atomic E-state index is 0.0602. The smallest absolute Gasteiger partial charge is 0.306 e. The van der Waals surface area contributed by atoms with Crippen LogP contribution in [0.3, 0.4) is 0 Å². The normalized spacial score (nSPS) is 11.9. The van der Waals surface area contributed by atoms with Crippen molar-refractivity contribution < 1.29 is 28.6 Å². The molecule has 0 amide bonds. The maximum absolute atomic E-state index is 12.9. The van der Waals surface area contributed by atoms with Crippen LogP contribution in [0.4, 0.5) is 0 Å². The van der Waals surface area contributed by atoms with Crippen molar-refractivity contribution in [1.29, 1.82) is 0 Å². The largest absolute Gasteiger partial charge is 0.462 e. The van der Waals surface area contributed by atoms with Crippen LogP contribution in [0.5, 0.6) is 0 Å². The van der Waals surface area contributed by atoms with Gasteiger partial charge in [-0.2, -0.15) is 0 Å². The molecule has 0 spiro atoms. The molecule has 6 heteroatoms. The van der Waals surface area contributed by atoms with Crippen molar-refractivity contribution in [1.82, 2.24) is 0 Å². The predicted octanol–water partition coefficient (Wildman–Crippen LogP) is 22.7. The molecule has 0 N–H and O–H groups in total. The quantitative estimate of drug-likeness (QED) is 0.0343. The standard InChI is InChI=1S/C67H130O6/c1-4-7-10-13-16-19-22-25-28-31-33-34-37-39-42-45-48-51-54-57-60-66(69)72-63-64(62-71-65(68)59-56-53-50-47-44-41-38-35-30-27-24-21-18-15-12-9-6-3)73-67(70)61-58-55-52-49-46-43-40-36-32-29-26-23-20-17-14-11-8-5-2/h64H,4-63H2,1-3H3. The monoisotopic (exact) mass is 1030 g/mol. The van der Waals surface area contributed by atoms with Crippen molar-refractivity contribution in [2.45, 2.75) is 399 Å². The van der Waals surface area contributed by atoms with Gasteiger partial charge in [-0.15, -0.1) is 0 Å². The minimum atomic E-state index is -0.763. The molecule has 73 heavy (non-hydrogen) atoms. The molecule has 0 fully saturated rings. The first-order valence-corrected chi connectivity index (χ1v) is 33.5. The number of esters is 3. The summed E-state index contributed by atoms with van der Waals surface area (Å²) in [7, 11) is 0. The van der Waals surface area contributed by atoms with Crippen LogP contribution >= 0.6 is 0 Å². The van der Waals surface area contributed by atoms with Gasteiger partial charge in [0.1, 0.15) is 13.2 Å². The summed E-state index contributed by atoms with van der Waals surface area (Å²) >= 11 is 0. The lowest BCUT2D eigenvalue weighted by atomic mass is 10.0. The first kappa shape index (κ1) is 71.4. The van der Waals surface area contributed by atoms with Crippen LogP contribution in [0, 0.1) is 0 Å². The number of carbonyl (C=O) groups excluding carboxylic acids is 3. The van der Waals surface area contributed by atoms with Gasteiger partial charge in [-0.1, -0.05) is 355 Å². The Bertz CT molecular complexity index is 1090. The van der Waals surface area contributed by atoms with Gasteiger partial charge in [0, 0.05) is 19.3 Å². The molecule has 0 aliphatic heterocycles. The number of carbonyl (C=O) groups is 3. The average molecular weight is 1030 g/mol. The Kier molecular flexibility index (Phi) is 61.6. The van der Waals surface area contributed by atoms with Crippen molar-refractivity contribution in [3.63, 3.8) is 0 Å². The molecule has 0 aliphatic rings. The summed E-state index contributed by atoms with van der Waals surface area (Å²) in [6.07, 6.45) is 72.5. The van der Waals surface area contributed by atoms with Crippen LogP contribution in [-0.4, -0.2) is 37.2 Å². The van der Waals surface area contributed by atoms with Crippen LogP contribution < -0.4 is 0 Å². The molecular weight excluding hydrogens is 901 g/mol. The number of ether oxygens (including phenoxy) is 3. The zero-order valence-electron chi connectivity index (χ0n) is 50.0. The van der Waals surface area contributed by atoms with Gasteiger partial charge in [-0.3, -0.25) is 14.4 Å². The van der Waals surface area contributed by atoms with E-state index in [0.717, 1.165) is 57.8 Å². The Morgan fingerprint density at radius 1 is 0.219 bits per heavy atom. The van der Waals surface area contributed by atoms with Gasteiger partial charge in [-0.25, -0.2) is 0 Å². The first-order valence-electron chi connectivity index (χ1n) is 33.5. The van der Waals surface area contributed by atoms with Crippen LogP contribution in [0.2, 0.25) is 0 Å². The molecule has 6 nitrogen and oxygen atoms in total. The summed E-state index contributed by atoms with van der Waals surface area (Å²) < 4.78 is 17.0. The molecule has 1 unspecified atom stereocenters. The SMILES string of the molecule is CCCCCCCCCCCCCCCCCCCCCCC(=O)OCC(COC(=O)CCCCCCCCCCCCCCCCCCC)OC(=O)CCCCCCCCCCCCCCCCCCCC. The minimum Gasteiger partial charge on any atom is -0.462 e. The summed E-state index contributed by atoms with van der Waals surface area (Å²) in [5.74, 6) is -0.821. The molecular formula is C67H130O6. The van der Waals surface area contributed by atoms with E-state index in [1.807, 2.05) is 0 Å². The molecule has 0 bridgehead atoms. The highest BCUT2D eigenvalue weighted by atomic mass is 16.6. The van der Waals surface area contributed by atoms with Gasteiger partial charge in [0.15, 0.2) is 6.10 Å². The van der Waals surface area contributed by atoms with Gasteiger partial charge in [0.05, 0.1) is 0 Å². The molecule has 0 aromatic heterocycles. The molecule has 0 saturated carbocycles. The summed E-state index contributed by atoms with van der Waals surface area (Å²) in [4.78, 5) is 38.4. The Hall–Kier alpha value is -1.59. The second-order valence-corrected chi connectivity index (χ2v) is 23.1. The average Bonchev–Trinajstić information content (AvgIpc) is 3.39. The topological polar surface area (TPSA) is 78.9 Å². The summed E-state index contributed by atoms with van der Waals surface area (Å²) in [5.41, 5.74) is 0. The maximum atomic E-state index is 12.9. The third-order valence-electron chi connectivity index (χ3n) is 15.6. The summed E-state index contributed by atoms with van der Waals surface area (Å²) in [5, 5.41) is 0. The van der Waals surface area contributed by atoms with Crippen molar-refractivity contribution >= 4 is 17.9 Å². The fourth-order valence-corrected chi connectivity index (χ4v) is 10.6. The van der Waals surface area contributed by atoms with E-state index in [4.69, 9.17) is 14.2 Å². The van der Waals surface area contributed by atoms with E-state index >= 15 is 0 Å². The molecule has 0 aromatic rings. The molecule has 0 saturated heterocycles. The van der Waals surface area contributed by atoms with Gasteiger partial charge in [-0.05, 0) is 19.3 Å². The van der Waals surface area contributed by atoms with Crippen LogP contribution in [0.1, 0.15) is 393 Å². The Labute approximate surface area is 457 Å².